The average molecular weight is 500 g/mol. The smallest absolute Gasteiger partial charge is 0.254 e. The Bertz CT molecular complexity index is 1350. The molecule has 0 spiro atoms. The monoisotopic (exact) mass is 499 g/mol. The van der Waals surface area contributed by atoms with E-state index in [1.165, 1.54) is 0 Å². The molecule has 1 saturated heterocycles. The van der Waals surface area contributed by atoms with Crippen molar-refractivity contribution in [1.29, 1.82) is 0 Å². The minimum absolute atomic E-state index is 0.0127. The topological polar surface area (TPSA) is 151 Å². The van der Waals surface area contributed by atoms with Crippen LogP contribution in [0.1, 0.15) is 40.2 Å². The lowest BCUT2D eigenvalue weighted by molar-refractivity contribution is 0.0635. The number of benzene rings is 1. The molecule has 1 unspecified atom stereocenters. The molecule has 0 saturated carbocycles. The average Bonchev–Trinajstić information content (AvgIpc) is 3.08. The maximum atomic E-state index is 13.6. The van der Waals surface area contributed by atoms with Crippen LogP contribution in [0.4, 0.5) is 5.69 Å². The molecule has 0 aliphatic carbocycles. The molecule has 4 heterocycles. The van der Waals surface area contributed by atoms with Gasteiger partial charge in [0, 0.05) is 31.7 Å². The Morgan fingerprint density at radius 1 is 1.34 bits per heavy atom. The number of amidine groups is 1. The molecule has 2 aliphatic rings. The van der Waals surface area contributed by atoms with Gasteiger partial charge in [-0.15, -0.1) is 4.40 Å². The summed E-state index contributed by atoms with van der Waals surface area (Å²) in [6.45, 7) is 5.42. The lowest BCUT2D eigenvalue weighted by Gasteiger charge is -2.34. The number of aryl methyl sites for hydroxylation is 3. The van der Waals surface area contributed by atoms with E-state index in [0.29, 0.717) is 47.9 Å². The quantitative estimate of drug-likeness (QED) is 0.427. The van der Waals surface area contributed by atoms with Gasteiger partial charge >= 0.3 is 0 Å². The van der Waals surface area contributed by atoms with Gasteiger partial charge in [0.15, 0.2) is 11.5 Å². The lowest BCUT2D eigenvalue weighted by atomic mass is 9.97. The van der Waals surface area contributed by atoms with Crippen LogP contribution in [-0.2, 0) is 7.05 Å². The lowest BCUT2D eigenvalue weighted by Crippen LogP contribution is -2.41. The van der Waals surface area contributed by atoms with Gasteiger partial charge in [-0.25, -0.2) is 4.98 Å². The largest absolute Gasteiger partial charge is 0.492 e. The van der Waals surface area contributed by atoms with Gasteiger partial charge in [0.25, 0.3) is 5.91 Å². The Morgan fingerprint density at radius 2 is 2.14 bits per heavy atom. The molecule has 3 aromatic rings. The summed E-state index contributed by atoms with van der Waals surface area (Å²) in [5.41, 5.74) is 9.86. The number of aromatic nitrogens is 3. The Labute approximate surface area is 204 Å². The maximum Gasteiger partial charge on any atom is 0.254 e. The molecule has 0 bridgehead atoms. The molecular formula is C23H29N7O4S. The summed E-state index contributed by atoms with van der Waals surface area (Å²) in [7, 11) is -1.52. The molecule has 2 aliphatic heterocycles. The fraction of sp³-hybridized carbons (Fsp3) is 0.391. The first kappa shape index (κ1) is 23.4. The Morgan fingerprint density at radius 3 is 2.94 bits per heavy atom. The van der Waals surface area contributed by atoms with E-state index in [4.69, 9.17) is 10.5 Å². The van der Waals surface area contributed by atoms with E-state index < -0.39 is 11.0 Å². The third kappa shape index (κ3) is 4.40. The molecule has 1 fully saturated rings. The van der Waals surface area contributed by atoms with Crippen molar-refractivity contribution in [1.82, 2.24) is 19.7 Å². The van der Waals surface area contributed by atoms with E-state index in [-0.39, 0.29) is 17.7 Å². The minimum Gasteiger partial charge on any atom is -0.492 e. The number of anilines is 1. The molecule has 12 heteroatoms. The van der Waals surface area contributed by atoms with Crippen LogP contribution < -0.4 is 15.2 Å². The summed E-state index contributed by atoms with van der Waals surface area (Å²) < 4.78 is 33.9. The minimum atomic E-state index is -3.36. The second kappa shape index (κ2) is 8.70. The van der Waals surface area contributed by atoms with Crippen molar-refractivity contribution in [3.63, 3.8) is 0 Å². The van der Waals surface area contributed by atoms with E-state index >= 15 is 0 Å². The van der Waals surface area contributed by atoms with Crippen LogP contribution in [0.2, 0.25) is 0 Å². The predicted octanol–water partition coefficient (Wildman–Crippen LogP) is 3.23. The second-order valence-corrected chi connectivity index (χ2v) is 10.5. The zero-order valence-corrected chi connectivity index (χ0v) is 20.7. The molecule has 1 atom stereocenters. The summed E-state index contributed by atoms with van der Waals surface area (Å²) in [4.78, 5) is 20.0. The van der Waals surface area contributed by atoms with Gasteiger partial charge in [-0.05, 0) is 55.9 Å². The van der Waals surface area contributed by atoms with Crippen molar-refractivity contribution in [2.24, 2.45) is 23.1 Å². The Balaban J connectivity index is 1.33. The number of ether oxygens (including phenoxy) is 1. The zero-order valence-electron chi connectivity index (χ0n) is 19.9. The fourth-order valence-electron chi connectivity index (χ4n) is 4.86. The van der Waals surface area contributed by atoms with Crippen LogP contribution in [-0.4, -0.2) is 60.2 Å². The number of likely N-dealkylation sites (tertiary alicyclic amines) is 1. The van der Waals surface area contributed by atoms with Gasteiger partial charge in [-0.1, -0.05) is 6.07 Å². The van der Waals surface area contributed by atoms with E-state index in [1.54, 1.807) is 22.9 Å². The molecule has 5 N–H and O–H groups in total. The van der Waals surface area contributed by atoms with E-state index in [9.17, 15) is 13.9 Å². The summed E-state index contributed by atoms with van der Waals surface area (Å²) in [6.07, 6.45) is 1.80. The fourth-order valence-corrected chi connectivity index (χ4v) is 5.73. The highest BCUT2D eigenvalue weighted by atomic mass is 32.3. The van der Waals surface area contributed by atoms with Gasteiger partial charge in [-0.2, -0.15) is 5.10 Å². The van der Waals surface area contributed by atoms with Gasteiger partial charge in [0.2, 0.25) is 0 Å². The first-order valence-corrected chi connectivity index (χ1v) is 12.9. The van der Waals surface area contributed by atoms with Crippen LogP contribution in [0.25, 0.3) is 11.0 Å². The molecule has 0 radical (unpaired) electrons. The van der Waals surface area contributed by atoms with Crippen LogP contribution in [0.15, 0.2) is 28.7 Å². The third-order valence-corrected chi connectivity index (χ3v) is 7.31. The number of nitrogens with one attached hydrogen (secondary N) is 1. The van der Waals surface area contributed by atoms with Crippen LogP contribution >= 0.6 is 11.0 Å². The van der Waals surface area contributed by atoms with E-state index in [0.717, 1.165) is 29.6 Å². The molecule has 186 valence electrons. The van der Waals surface area contributed by atoms with E-state index in [2.05, 4.69) is 19.2 Å². The number of hydrogen-bond acceptors (Lipinski definition) is 9. The van der Waals surface area contributed by atoms with Crippen molar-refractivity contribution in [2.45, 2.75) is 26.7 Å². The highest BCUT2D eigenvalue weighted by Crippen LogP contribution is 2.46. The predicted molar refractivity (Wildman–Crippen MR) is 136 cm³/mol. The number of rotatable bonds is 4. The number of nitrogens with two attached hydrogens (primary N) is 1. The molecule has 35 heavy (non-hydrogen) atoms. The zero-order chi connectivity index (χ0) is 24.9. The number of nitrogens with zero attached hydrogens (tertiary/aromatic N) is 5. The van der Waals surface area contributed by atoms with Gasteiger partial charge < -0.3 is 15.4 Å². The number of hydrogen-bond donors (Lipinski definition) is 4. The van der Waals surface area contributed by atoms with Crippen molar-refractivity contribution >= 4 is 39.4 Å². The highest BCUT2D eigenvalue weighted by Gasteiger charge is 2.29. The summed E-state index contributed by atoms with van der Waals surface area (Å²) >= 11 is 0. The van der Waals surface area contributed by atoms with Crippen molar-refractivity contribution in [3.8, 4) is 5.75 Å². The third-order valence-electron chi connectivity index (χ3n) is 6.36. The molecule has 2 aromatic heterocycles. The van der Waals surface area contributed by atoms with E-state index in [1.807, 2.05) is 31.9 Å². The normalized spacial score (nSPS) is 20.1. The number of piperidine rings is 1. The molecular weight excluding hydrogens is 470 g/mol. The standard InChI is InChI=1S/C23H29N7O4S/c1-13-10-16(19-14(2)26-29(3)22(19)25-13)23(31)30-9-5-6-15(11-30)12-34-18-8-4-7-17-20(18)21(24)28-35(32,33)27-17/h4,7-8,10,15,27,32-33H,5-6,9,11-12H2,1-3H3,(H2,24,28). The molecule has 1 amide bonds. The van der Waals surface area contributed by atoms with Crippen LogP contribution in [0, 0.1) is 19.8 Å². The second-order valence-electron chi connectivity index (χ2n) is 9.07. The van der Waals surface area contributed by atoms with Gasteiger partial charge in [0.05, 0.1) is 34.5 Å². The summed E-state index contributed by atoms with van der Waals surface area (Å²) in [6, 6.07) is 7.05. The van der Waals surface area contributed by atoms with Gasteiger partial charge in [0.1, 0.15) is 5.75 Å². The molecule has 5 rings (SSSR count). The molecule has 11 nitrogen and oxygen atoms in total. The van der Waals surface area contributed by atoms with Crippen molar-refractivity contribution < 1.29 is 18.6 Å². The number of amides is 1. The van der Waals surface area contributed by atoms with Crippen molar-refractivity contribution in [3.05, 3.63) is 46.8 Å². The van der Waals surface area contributed by atoms with Crippen LogP contribution in [0.3, 0.4) is 0 Å². The Hall–Kier alpha value is -3.35. The number of pyridine rings is 1. The summed E-state index contributed by atoms with van der Waals surface area (Å²) in [5.74, 6) is 0.627. The van der Waals surface area contributed by atoms with Crippen LogP contribution in [0.5, 0.6) is 5.75 Å². The summed E-state index contributed by atoms with van der Waals surface area (Å²) in [5, 5.41) is 5.25. The first-order chi connectivity index (χ1) is 16.6. The Kier molecular flexibility index (Phi) is 5.82. The maximum absolute atomic E-state index is 13.6. The first-order valence-electron chi connectivity index (χ1n) is 11.4. The molecule has 1 aromatic carbocycles. The number of fused-ring (bicyclic) bond motifs is 2. The number of carbonyl (C=O) groups is 1. The highest BCUT2D eigenvalue weighted by molar-refractivity contribution is 8.24. The SMILES string of the molecule is Cc1cc(C(=O)N2CCCC(COc3cccc4c3C(N)=NS(O)(O)N4)C2)c2c(C)nn(C)c2n1. The van der Waals surface area contributed by atoms with Gasteiger partial charge in [-0.3, -0.25) is 23.3 Å². The van der Waals surface area contributed by atoms with Crippen molar-refractivity contribution in [2.75, 3.05) is 24.4 Å². The number of carbonyl (C=O) groups excluding carboxylic acids is 1.